The minimum atomic E-state index is 0.260. The standard InChI is InChI=1S/C15H22ClNO/c1-17-15(8-4-3-5-9-15)11-12-6-7-14(18-2)13(16)10-12/h6-7,10,17H,3-5,8-9,11H2,1-2H3. The van der Waals surface area contributed by atoms with Gasteiger partial charge in [0.25, 0.3) is 0 Å². The van der Waals surface area contributed by atoms with E-state index in [1.165, 1.54) is 37.7 Å². The Morgan fingerprint density at radius 2 is 2.00 bits per heavy atom. The molecule has 1 aromatic rings. The molecule has 0 radical (unpaired) electrons. The quantitative estimate of drug-likeness (QED) is 0.896. The van der Waals surface area contributed by atoms with E-state index in [4.69, 9.17) is 16.3 Å². The summed E-state index contributed by atoms with van der Waals surface area (Å²) in [5.74, 6) is 0.752. The van der Waals surface area contributed by atoms with Crippen LogP contribution in [0.1, 0.15) is 37.7 Å². The van der Waals surface area contributed by atoms with Gasteiger partial charge < -0.3 is 10.1 Å². The van der Waals surface area contributed by atoms with Crippen LogP contribution in [0.15, 0.2) is 18.2 Å². The van der Waals surface area contributed by atoms with E-state index >= 15 is 0 Å². The summed E-state index contributed by atoms with van der Waals surface area (Å²) in [5, 5.41) is 4.25. The Morgan fingerprint density at radius 3 is 2.56 bits per heavy atom. The number of hydrogen-bond acceptors (Lipinski definition) is 2. The van der Waals surface area contributed by atoms with E-state index in [9.17, 15) is 0 Å². The highest BCUT2D eigenvalue weighted by atomic mass is 35.5. The molecule has 0 amide bonds. The van der Waals surface area contributed by atoms with Gasteiger partial charge in [-0.15, -0.1) is 0 Å². The largest absolute Gasteiger partial charge is 0.495 e. The molecule has 2 nitrogen and oxygen atoms in total. The first-order chi connectivity index (χ1) is 8.69. The lowest BCUT2D eigenvalue weighted by Gasteiger charge is -2.37. The van der Waals surface area contributed by atoms with Crippen LogP contribution in [0.4, 0.5) is 0 Å². The SMILES string of the molecule is CNC1(Cc2ccc(OC)c(Cl)c2)CCCCC1. The van der Waals surface area contributed by atoms with Gasteiger partial charge in [-0.2, -0.15) is 0 Å². The van der Waals surface area contributed by atoms with Crippen LogP contribution in [0.2, 0.25) is 5.02 Å². The fourth-order valence-corrected chi connectivity index (χ4v) is 3.23. The maximum atomic E-state index is 6.19. The van der Waals surface area contributed by atoms with Crippen LogP contribution in [0, 0.1) is 0 Å². The van der Waals surface area contributed by atoms with Gasteiger partial charge in [0.15, 0.2) is 0 Å². The fourth-order valence-electron chi connectivity index (χ4n) is 2.95. The van der Waals surface area contributed by atoms with Gasteiger partial charge in [-0.05, 0) is 44.0 Å². The van der Waals surface area contributed by atoms with E-state index < -0.39 is 0 Å². The molecule has 0 unspecified atom stereocenters. The first kappa shape index (κ1) is 13.7. The third kappa shape index (κ3) is 2.99. The van der Waals surface area contributed by atoms with Crippen molar-refractivity contribution in [1.29, 1.82) is 0 Å². The summed E-state index contributed by atoms with van der Waals surface area (Å²) in [4.78, 5) is 0. The van der Waals surface area contributed by atoms with Crippen LogP contribution in [0.3, 0.4) is 0 Å². The van der Waals surface area contributed by atoms with Crippen molar-refractivity contribution >= 4 is 11.6 Å². The van der Waals surface area contributed by atoms with Gasteiger partial charge in [-0.1, -0.05) is 36.9 Å². The number of hydrogen-bond donors (Lipinski definition) is 1. The second kappa shape index (κ2) is 5.94. The molecule has 1 aliphatic carbocycles. The van der Waals surface area contributed by atoms with Crippen LogP contribution in [0.25, 0.3) is 0 Å². The highest BCUT2D eigenvalue weighted by Gasteiger charge is 2.30. The molecule has 0 atom stereocenters. The molecule has 0 heterocycles. The van der Waals surface area contributed by atoms with Gasteiger partial charge in [-0.25, -0.2) is 0 Å². The topological polar surface area (TPSA) is 21.3 Å². The molecule has 1 aromatic carbocycles. The number of ether oxygens (including phenoxy) is 1. The van der Waals surface area contributed by atoms with E-state index in [1.807, 2.05) is 12.1 Å². The second-order valence-corrected chi connectivity index (χ2v) is 5.64. The van der Waals surface area contributed by atoms with E-state index in [0.29, 0.717) is 5.02 Å². The number of nitrogens with one attached hydrogen (secondary N) is 1. The van der Waals surface area contributed by atoms with Crippen molar-refractivity contribution in [1.82, 2.24) is 5.32 Å². The van der Waals surface area contributed by atoms with Crippen molar-refractivity contribution < 1.29 is 4.74 Å². The molecule has 2 rings (SSSR count). The summed E-state index contributed by atoms with van der Waals surface area (Å²) in [5.41, 5.74) is 1.55. The van der Waals surface area contributed by atoms with Crippen molar-refractivity contribution in [3.8, 4) is 5.75 Å². The molecule has 0 bridgehead atoms. The van der Waals surface area contributed by atoms with Crippen LogP contribution in [-0.2, 0) is 6.42 Å². The number of halogens is 1. The smallest absolute Gasteiger partial charge is 0.137 e. The molecule has 0 saturated heterocycles. The van der Waals surface area contributed by atoms with Crippen LogP contribution >= 0.6 is 11.6 Å². The average molecular weight is 268 g/mol. The van der Waals surface area contributed by atoms with Gasteiger partial charge in [0.05, 0.1) is 12.1 Å². The zero-order valence-corrected chi connectivity index (χ0v) is 12.0. The Bertz CT molecular complexity index is 399. The summed E-state index contributed by atoms with van der Waals surface area (Å²) >= 11 is 6.19. The predicted octanol–water partition coefficient (Wildman–Crippen LogP) is 3.81. The van der Waals surface area contributed by atoms with Gasteiger partial charge in [0, 0.05) is 5.54 Å². The Hall–Kier alpha value is -0.730. The number of rotatable bonds is 4. The minimum absolute atomic E-state index is 0.260. The third-order valence-electron chi connectivity index (χ3n) is 4.10. The zero-order chi connectivity index (χ0) is 13.0. The zero-order valence-electron chi connectivity index (χ0n) is 11.3. The summed E-state index contributed by atoms with van der Waals surface area (Å²) in [7, 11) is 3.73. The summed E-state index contributed by atoms with van der Waals surface area (Å²) in [6.45, 7) is 0. The van der Waals surface area contributed by atoms with E-state index in [-0.39, 0.29) is 5.54 Å². The first-order valence-electron chi connectivity index (χ1n) is 6.70. The van der Waals surface area contributed by atoms with E-state index in [0.717, 1.165) is 12.2 Å². The van der Waals surface area contributed by atoms with Crippen LogP contribution in [-0.4, -0.2) is 19.7 Å². The summed E-state index contributed by atoms with van der Waals surface area (Å²) in [6, 6.07) is 6.12. The van der Waals surface area contributed by atoms with Crippen molar-refractivity contribution in [2.24, 2.45) is 0 Å². The Kier molecular flexibility index (Phi) is 4.52. The maximum Gasteiger partial charge on any atom is 0.137 e. The van der Waals surface area contributed by atoms with Crippen molar-refractivity contribution in [3.05, 3.63) is 28.8 Å². The molecule has 18 heavy (non-hydrogen) atoms. The van der Waals surface area contributed by atoms with Gasteiger partial charge in [0.1, 0.15) is 5.75 Å². The molecule has 0 aromatic heterocycles. The van der Waals surface area contributed by atoms with Gasteiger partial charge in [-0.3, -0.25) is 0 Å². The molecular weight excluding hydrogens is 246 g/mol. The molecule has 1 aliphatic rings. The van der Waals surface area contributed by atoms with Crippen LogP contribution < -0.4 is 10.1 Å². The maximum absolute atomic E-state index is 6.19. The van der Waals surface area contributed by atoms with Gasteiger partial charge >= 0.3 is 0 Å². The Labute approximate surface area is 115 Å². The van der Waals surface area contributed by atoms with E-state index in [1.54, 1.807) is 7.11 Å². The van der Waals surface area contributed by atoms with Crippen molar-refractivity contribution in [2.45, 2.75) is 44.1 Å². The lowest BCUT2D eigenvalue weighted by molar-refractivity contribution is 0.245. The first-order valence-corrected chi connectivity index (χ1v) is 7.08. The third-order valence-corrected chi connectivity index (χ3v) is 4.40. The van der Waals surface area contributed by atoms with Crippen molar-refractivity contribution in [3.63, 3.8) is 0 Å². The summed E-state index contributed by atoms with van der Waals surface area (Å²) < 4.78 is 5.19. The summed E-state index contributed by atoms with van der Waals surface area (Å²) in [6.07, 6.45) is 7.58. The average Bonchev–Trinajstić information content (AvgIpc) is 2.40. The molecule has 0 spiro atoms. The lowest BCUT2D eigenvalue weighted by atomic mass is 9.77. The molecule has 1 saturated carbocycles. The Balaban J connectivity index is 2.14. The second-order valence-electron chi connectivity index (χ2n) is 5.24. The molecule has 0 aliphatic heterocycles. The molecule has 1 N–H and O–H groups in total. The predicted molar refractivity (Wildman–Crippen MR) is 76.6 cm³/mol. The number of methoxy groups -OCH3 is 1. The Morgan fingerprint density at radius 1 is 1.28 bits per heavy atom. The number of likely N-dealkylation sites (N-methyl/N-ethyl adjacent to an activating group) is 1. The van der Waals surface area contributed by atoms with Crippen LogP contribution in [0.5, 0.6) is 5.75 Å². The normalized spacial score (nSPS) is 18.6. The molecule has 1 fully saturated rings. The fraction of sp³-hybridized carbons (Fsp3) is 0.600. The highest BCUT2D eigenvalue weighted by Crippen LogP contribution is 2.33. The lowest BCUT2D eigenvalue weighted by Crippen LogP contribution is -2.46. The minimum Gasteiger partial charge on any atom is -0.495 e. The molecule has 100 valence electrons. The number of benzene rings is 1. The van der Waals surface area contributed by atoms with Crippen molar-refractivity contribution in [2.75, 3.05) is 14.2 Å². The monoisotopic (exact) mass is 267 g/mol. The van der Waals surface area contributed by atoms with E-state index in [2.05, 4.69) is 18.4 Å². The van der Waals surface area contributed by atoms with Gasteiger partial charge in [0.2, 0.25) is 0 Å². The highest BCUT2D eigenvalue weighted by molar-refractivity contribution is 6.32. The molecule has 3 heteroatoms. The molecular formula is C15H22ClNO.